The van der Waals surface area contributed by atoms with Crippen molar-refractivity contribution in [3.8, 4) is 0 Å². The van der Waals surface area contributed by atoms with Crippen LogP contribution in [0, 0.1) is 0 Å². The molecule has 0 atom stereocenters. The molecule has 2 N–H and O–H groups in total. The van der Waals surface area contributed by atoms with E-state index in [1.54, 1.807) is 0 Å². The van der Waals surface area contributed by atoms with Crippen molar-refractivity contribution in [3.63, 3.8) is 0 Å². The molecule has 1 aliphatic rings. The molecule has 0 amide bonds. The second kappa shape index (κ2) is 5.06. The minimum atomic E-state index is -3.22. The van der Waals surface area contributed by atoms with Gasteiger partial charge in [0.1, 0.15) is 0 Å². The fourth-order valence-electron chi connectivity index (χ4n) is 1.31. The molecule has 84 valence electrons. The molecular formula is C8H17NO4S. The first kappa shape index (κ1) is 11.9. The molecule has 0 bridgehead atoms. The molecule has 0 aromatic carbocycles. The maximum atomic E-state index is 11.3. The van der Waals surface area contributed by atoms with Crippen LogP contribution in [0.5, 0.6) is 0 Å². The highest BCUT2D eigenvalue weighted by atomic mass is 32.2. The van der Waals surface area contributed by atoms with Crippen LogP contribution in [0.1, 0.15) is 19.8 Å². The van der Waals surface area contributed by atoms with Crippen LogP contribution in [0.15, 0.2) is 0 Å². The van der Waals surface area contributed by atoms with Gasteiger partial charge in [0.2, 0.25) is 10.0 Å². The predicted molar refractivity (Wildman–Crippen MR) is 52.4 cm³/mol. The number of rotatable bonds is 6. The van der Waals surface area contributed by atoms with Crippen LogP contribution in [-0.4, -0.2) is 44.6 Å². The first-order chi connectivity index (χ1) is 6.53. The Balaban J connectivity index is 2.21. The van der Waals surface area contributed by atoms with Gasteiger partial charge in [-0.2, -0.15) is 0 Å². The van der Waals surface area contributed by atoms with Crippen molar-refractivity contribution in [1.29, 1.82) is 0 Å². The highest BCUT2D eigenvalue weighted by Gasteiger charge is 2.30. The summed E-state index contributed by atoms with van der Waals surface area (Å²) in [4.78, 5) is 0. The summed E-state index contributed by atoms with van der Waals surface area (Å²) < 4.78 is 30.2. The Morgan fingerprint density at radius 3 is 2.64 bits per heavy atom. The smallest absolute Gasteiger partial charge is 0.214 e. The van der Waals surface area contributed by atoms with Crippen LogP contribution in [0.3, 0.4) is 0 Å². The third-order valence-electron chi connectivity index (χ3n) is 2.16. The van der Waals surface area contributed by atoms with E-state index in [1.165, 1.54) is 0 Å². The standard InChI is InChI=1S/C8H17NO4S/c1-2-13-3-4-14(11,12)9-7-5-8(10)6-7/h7-10H,2-6H2,1H3. The van der Waals surface area contributed by atoms with Gasteiger partial charge in [-0.3, -0.25) is 0 Å². The summed E-state index contributed by atoms with van der Waals surface area (Å²) in [7, 11) is -3.22. The summed E-state index contributed by atoms with van der Waals surface area (Å²) in [5.41, 5.74) is 0. The van der Waals surface area contributed by atoms with Crippen molar-refractivity contribution in [2.24, 2.45) is 0 Å². The van der Waals surface area contributed by atoms with Crippen LogP contribution in [0.2, 0.25) is 0 Å². The van der Waals surface area contributed by atoms with E-state index in [1.807, 2.05) is 6.92 Å². The van der Waals surface area contributed by atoms with Gasteiger partial charge in [-0.1, -0.05) is 0 Å². The van der Waals surface area contributed by atoms with Crippen molar-refractivity contribution >= 4 is 10.0 Å². The van der Waals surface area contributed by atoms with E-state index in [0.717, 1.165) is 0 Å². The SMILES string of the molecule is CCOCCS(=O)(=O)NC1CC(O)C1. The Morgan fingerprint density at radius 1 is 1.50 bits per heavy atom. The first-order valence-corrected chi connectivity index (χ1v) is 6.44. The average Bonchev–Trinajstić information content (AvgIpc) is 2.01. The molecule has 0 saturated heterocycles. The van der Waals surface area contributed by atoms with Gasteiger partial charge in [0.05, 0.1) is 18.5 Å². The van der Waals surface area contributed by atoms with Crippen molar-refractivity contribution in [3.05, 3.63) is 0 Å². The van der Waals surface area contributed by atoms with Crippen LogP contribution < -0.4 is 4.72 Å². The Hall–Kier alpha value is -0.170. The second-order valence-electron chi connectivity index (χ2n) is 3.46. The summed E-state index contributed by atoms with van der Waals surface area (Å²) in [6.07, 6.45) is 0.705. The molecule has 0 heterocycles. The van der Waals surface area contributed by atoms with Gasteiger partial charge in [-0.05, 0) is 19.8 Å². The van der Waals surface area contributed by atoms with E-state index in [0.29, 0.717) is 19.4 Å². The lowest BCUT2D eigenvalue weighted by Gasteiger charge is -2.31. The normalized spacial score (nSPS) is 27.3. The number of aliphatic hydroxyl groups is 1. The van der Waals surface area contributed by atoms with Gasteiger partial charge in [-0.25, -0.2) is 13.1 Å². The van der Waals surface area contributed by atoms with E-state index in [2.05, 4.69) is 4.72 Å². The molecular weight excluding hydrogens is 206 g/mol. The first-order valence-electron chi connectivity index (χ1n) is 4.79. The van der Waals surface area contributed by atoms with Gasteiger partial charge >= 0.3 is 0 Å². The lowest BCUT2D eigenvalue weighted by molar-refractivity contribution is 0.0711. The van der Waals surface area contributed by atoms with E-state index in [9.17, 15) is 8.42 Å². The molecule has 0 aliphatic heterocycles. The van der Waals surface area contributed by atoms with E-state index >= 15 is 0 Å². The zero-order chi connectivity index (χ0) is 10.6. The summed E-state index contributed by atoms with van der Waals surface area (Å²) in [5.74, 6) is -0.00651. The highest BCUT2D eigenvalue weighted by Crippen LogP contribution is 2.19. The van der Waals surface area contributed by atoms with E-state index in [4.69, 9.17) is 9.84 Å². The lowest BCUT2D eigenvalue weighted by Crippen LogP contribution is -2.47. The summed E-state index contributed by atoms with van der Waals surface area (Å²) in [6.45, 7) is 2.57. The lowest BCUT2D eigenvalue weighted by atomic mass is 9.91. The van der Waals surface area contributed by atoms with Gasteiger partial charge in [0, 0.05) is 12.6 Å². The van der Waals surface area contributed by atoms with Crippen LogP contribution >= 0.6 is 0 Å². The number of hydrogen-bond donors (Lipinski definition) is 2. The van der Waals surface area contributed by atoms with Gasteiger partial charge in [-0.15, -0.1) is 0 Å². The van der Waals surface area contributed by atoms with Crippen LogP contribution in [0.25, 0.3) is 0 Å². The number of sulfonamides is 1. The predicted octanol–water partition coefficient (Wildman–Crippen LogP) is -0.534. The Kier molecular flexibility index (Phi) is 4.31. The molecule has 0 radical (unpaired) electrons. The molecule has 0 aromatic heterocycles. The molecule has 0 unspecified atom stereocenters. The molecule has 0 spiro atoms. The topological polar surface area (TPSA) is 75.6 Å². The molecule has 0 aromatic rings. The summed E-state index contributed by atoms with van der Waals surface area (Å²) >= 11 is 0. The number of aliphatic hydroxyl groups excluding tert-OH is 1. The minimum absolute atomic E-state index is 0.00651. The molecule has 1 fully saturated rings. The average molecular weight is 223 g/mol. The maximum absolute atomic E-state index is 11.3. The molecule has 6 heteroatoms. The van der Waals surface area contributed by atoms with Crippen molar-refractivity contribution in [2.45, 2.75) is 31.9 Å². The van der Waals surface area contributed by atoms with Gasteiger partial charge in [0.25, 0.3) is 0 Å². The summed E-state index contributed by atoms with van der Waals surface area (Å²) in [5, 5.41) is 8.97. The maximum Gasteiger partial charge on any atom is 0.214 e. The summed E-state index contributed by atoms with van der Waals surface area (Å²) in [6, 6.07) is -0.0865. The van der Waals surface area contributed by atoms with Crippen LogP contribution in [0.4, 0.5) is 0 Å². The minimum Gasteiger partial charge on any atom is -0.393 e. The number of ether oxygens (including phenoxy) is 1. The van der Waals surface area contributed by atoms with Crippen molar-refractivity contribution in [1.82, 2.24) is 4.72 Å². The molecule has 1 saturated carbocycles. The fourth-order valence-corrected chi connectivity index (χ4v) is 2.47. The van der Waals surface area contributed by atoms with Gasteiger partial charge < -0.3 is 9.84 Å². The molecule has 1 aliphatic carbocycles. The number of hydrogen-bond acceptors (Lipinski definition) is 4. The van der Waals surface area contributed by atoms with Crippen molar-refractivity contribution in [2.75, 3.05) is 19.0 Å². The third kappa shape index (κ3) is 3.91. The zero-order valence-electron chi connectivity index (χ0n) is 8.27. The van der Waals surface area contributed by atoms with E-state index in [-0.39, 0.29) is 24.5 Å². The molecule has 14 heavy (non-hydrogen) atoms. The quantitative estimate of drug-likeness (QED) is 0.593. The largest absolute Gasteiger partial charge is 0.393 e. The third-order valence-corrected chi connectivity index (χ3v) is 3.56. The van der Waals surface area contributed by atoms with E-state index < -0.39 is 10.0 Å². The molecule has 1 rings (SSSR count). The monoisotopic (exact) mass is 223 g/mol. The number of nitrogens with one attached hydrogen (secondary N) is 1. The Bertz CT molecular complexity index is 259. The van der Waals surface area contributed by atoms with Crippen LogP contribution in [-0.2, 0) is 14.8 Å². The highest BCUT2D eigenvalue weighted by molar-refractivity contribution is 7.89. The van der Waals surface area contributed by atoms with Gasteiger partial charge in [0.15, 0.2) is 0 Å². The Labute approximate surface area is 84.5 Å². The zero-order valence-corrected chi connectivity index (χ0v) is 9.09. The van der Waals surface area contributed by atoms with Crippen molar-refractivity contribution < 1.29 is 18.3 Å². The molecule has 5 nitrogen and oxygen atoms in total. The fraction of sp³-hybridized carbons (Fsp3) is 1.00. The second-order valence-corrected chi connectivity index (χ2v) is 5.33. The Morgan fingerprint density at radius 2 is 2.14 bits per heavy atom.